The third-order valence-electron chi connectivity index (χ3n) is 5.48. The number of hydrogen-bond acceptors (Lipinski definition) is 8. The number of fused-ring (bicyclic) bond motifs is 2. The predicted molar refractivity (Wildman–Crippen MR) is 122 cm³/mol. The van der Waals surface area contributed by atoms with Crippen molar-refractivity contribution < 1.29 is 9.53 Å². The first-order valence-corrected chi connectivity index (χ1v) is 10.9. The van der Waals surface area contributed by atoms with Gasteiger partial charge in [0.25, 0.3) is 0 Å². The Morgan fingerprint density at radius 1 is 1.12 bits per heavy atom. The molecule has 9 nitrogen and oxygen atoms in total. The van der Waals surface area contributed by atoms with Gasteiger partial charge in [-0.15, -0.1) is 0 Å². The van der Waals surface area contributed by atoms with E-state index in [4.69, 9.17) is 14.7 Å². The summed E-state index contributed by atoms with van der Waals surface area (Å²) >= 11 is 0. The lowest BCUT2D eigenvalue weighted by molar-refractivity contribution is -0.140. The smallest absolute Gasteiger partial charge is 0.305 e. The van der Waals surface area contributed by atoms with E-state index in [-0.39, 0.29) is 12.0 Å². The normalized spacial score (nSPS) is 12.2. The second kappa shape index (κ2) is 10.1. The number of nitrogens with zero attached hydrogens (tertiary/aromatic N) is 5. The van der Waals surface area contributed by atoms with Crippen LogP contribution in [0.3, 0.4) is 0 Å². The molecule has 0 spiro atoms. The fourth-order valence-electron chi connectivity index (χ4n) is 3.74. The van der Waals surface area contributed by atoms with Gasteiger partial charge in [0.2, 0.25) is 0 Å². The molecular formula is C23H27N7O2. The SMILES string of the molecule is CC[C@H](Nc1ncnc2nc[nH]c12)c1nc(CCCCCC(=O)OC)c2ccccc2n1. The highest BCUT2D eigenvalue weighted by Gasteiger charge is 2.18. The number of esters is 1. The van der Waals surface area contributed by atoms with E-state index in [1.807, 2.05) is 18.2 Å². The molecule has 0 aliphatic heterocycles. The van der Waals surface area contributed by atoms with Crippen LogP contribution in [0.5, 0.6) is 0 Å². The number of aromatic amines is 1. The average molecular weight is 434 g/mol. The third-order valence-corrected chi connectivity index (χ3v) is 5.48. The maximum absolute atomic E-state index is 11.3. The predicted octanol–water partition coefficient (Wildman–Crippen LogP) is 4.14. The molecule has 0 radical (unpaired) electrons. The van der Waals surface area contributed by atoms with Gasteiger partial charge in [0.05, 0.1) is 30.7 Å². The Labute approximate surface area is 186 Å². The van der Waals surface area contributed by atoms with E-state index in [1.54, 1.807) is 6.33 Å². The number of methoxy groups -OCH3 is 1. The molecule has 32 heavy (non-hydrogen) atoms. The topological polar surface area (TPSA) is 119 Å². The molecule has 0 amide bonds. The lowest BCUT2D eigenvalue weighted by Crippen LogP contribution is -2.16. The van der Waals surface area contributed by atoms with E-state index >= 15 is 0 Å². The van der Waals surface area contributed by atoms with E-state index in [1.165, 1.54) is 13.4 Å². The quantitative estimate of drug-likeness (QED) is 0.283. The van der Waals surface area contributed by atoms with Crippen LogP contribution in [-0.4, -0.2) is 43.0 Å². The number of imidazole rings is 1. The summed E-state index contributed by atoms with van der Waals surface area (Å²) in [5.74, 6) is 1.26. The summed E-state index contributed by atoms with van der Waals surface area (Å²) in [6.45, 7) is 2.09. The highest BCUT2D eigenvalue weighted by atomic mass is 16.5. The number of aryl methyl sites for hydroxylation is 1. The number of carbonyl (C=O) groups is 1. The van der Waals surface area contributed by atoms with Gasteiger partial charge in [-0.2, -0.15) is 0 Å². The zero-order valence-corrected chi connectivity index (χ0v) is 18.3. The molecule has 0 saturated carbocycles. The van der Waals surface area contributed by atoms with Crippen LogP contribution in [0.1, 0.15) is 56.6 Å². The molecule has 0 unspecified atom stereocenters. The molecule has 3 aromatic heterocycles. The summed E-state index contributed by atoms with van der Waals surface area (Å²) in [5, 5.41) is 4.53. The standard InChI is InChI=1S/C23H27N7O2/c1-3-16(28-23-20-22(25-13-24-20)26-14-27-23)21-29-17(10-5-4-6-12-19(31)32-2)15-9-7-8-11-18(15)30-21/h7-9,11,13-14,16H,3-6,10,12H2,1-2H3,(H2,24,25,26,27,28)/t16-/m0/s1. The Morgan fingerprint density at radius 3 is 2.84 bits per heavy atom. The van der Waals surface area contributed by atoms with Gasteiger partial charge < -0.3 is 15.0 Å². The van der Waals surface area contributed by atoms with Crippen LogP contribution >= 0.6 is 0 Å². The van der Waals surface area contributed by atoms with Crippen molar-refractivity contribution in [3.63, 3.8) is 0 Å². The van der Waals surface area contributed by atoms with Crippen LogP contribution in [0, 0.1) is 0 Å². The van der Waals surface area contributed by atoms with Crippen molar-refractivity contribution in [3.05, 3.63) is 48.4 Å². The molecule has 0 aliphatic carbocycles. The Hall–Kier alpha value is -3.62. The number of para-hydroxylation sites is 1. The monoisotopic (exact) mass is 433 g/mol. The minimum Gasteiger partial charge on any atom is -0.469 e. The van der Waals surface area contributed by atoms with Gasteiger partial charge in [-0.1, -0.05) is 31.5 Å². The van der Waals surface area contributed by atoms with Crippen molar-refractivity contribution in [2.75, 3.05) is 12.4 Å². The van der Waals surface area contributed by atoms with Crippen LogP contribution in [-0.2, 0) is 16.0 Å². The van der Waals surface area contributed by atoms with E-state index in [0.717, 1.165) is 60.0 Å². The third kappa shape index (κ3) is 4.82. The van der Waals surface area contributed by atoms with E-state index < -0.39 is 0 Å². The number of aromatic nitrogens is 6. The van der Waals surface area contributed by atoms with Crippen LogP contribution in [0.2, 0.25) is 0 Å². The van der Waals surface area contributed by atoms with Crippen LogP contribution < -0.4 is 5.32 Å². The number of nitrogens with one attached hydrogen (secondary N) is 2. The summed E-state index contributed by atoms with van der Waals surface area (Å²) in [6, 6.07) is 7.98. The lowest BCUT2D eigenvalue weighted by Gasteiger charge is -2.18. The summed E-state index contributed by atoms with van der Waals surface area (Å²) in [4.78, 5) is 37.0. The molecule has 4 rings (SSSR count). The van der Waals surface area contributed by atoms with Crippen molar-refractivity contribution in [2.45, 2.75) is 51.5 Å². The number of ether oxygens (including phenoxy) is 1. The number of rotatable bonds is 10. The van der Waals surface area contributed by atoms with Gasteiger partial charge in [-0.25, -0.2) is 24.9 Å². The number of H-pyrrole nitrogens is 1. The van der Waals surface area contributed by atoms with Crippen molar-refractivity contribution in [1.82, 2.24) is 29.9 Å². The minimum absolute atomic E-state index is 0.112. The number of hydrogen-bond donors (Lipinski definition) is 2. The molecule has 1 aromatic carbocycles. The molecule has 3 heterocycles. The fraction of sp³-hybridized carbons (Fsp3) is 0.391. The molecule has 0 fully saturated rings. The molecule has 1 atom stereocenters. The summed E-state index contributed by atoms with van der Waals surface area (Å²) in [6.07, 6.45) is 7.88. The van der Waals surface area contributed by atoms with E-state index in [0.29, 0.717) is 17.9 Å². The van der Waals surface area contributed by atoms with Gasteiger partial charge in [0.15, 0.2) is 17.3 Å². The van der Waals surface area contributed by atoms with E-state index in [9.17, 15) is 4.79 Å². The second-order valence-corrected chi connectivity index (χ2v) is 7.61. The first-order chi connectivity index (χ1) is 15.7. The largest absolute Gasteiger partial charge is 0.469 e. The molecule has 9 heteroatoms. The Morgan fingerprint density at radius 2 is 2.00 bits per heavy atom. The number of anilines is 1. The van der Waals surface area contributed by atoms with Crippen LogP contribution in [0.4, 0.5) is 5.82 Å². The number of unbranched alkanes of at least 4 members (excludes halogenated alkanes) is 2. The first-order valence-electron chi connectivity index (χ1n) is 10.9. The van der Waals surface area contributed by atoms with Crippen molar-refractivity contribution in [2.24, 2.45) is 0 Å². The maximum Gasteiger partial charge on any atom is 0.305 e. The van der Waals surface area contributed by atoms with Gasteiger partial charge in [0.1, 0.15) is 11.8 Å². The lowest BCUT2D eigenvalue weighted by atomic mass is 10.1. The van der Waals surface area contributed by atoms with Crippen molar-refractivity contribution in [3.8, 4) is 0 Å². The average Bonchev–Trinajstić information content (AvgIpc) is 3.31. The highest BCUT2D eigenvalue weighted by molar-refractivity contribution is 5.83. The first kappa shape index (κ1) is 21.6. The molecular weight excluding hydrogens is 406 g/mol. The Balaban J connectivity index is 1.56. The molecule has 0 saturated heterocycles. The molecule has 166 valence electrons. The minimum atomic E-state index is -0.160. The highest BCUT2D eigenvalue weighted by Crippen LogP contribution is 2.26. The van der Waals surface area contributed by atoms with Gasteiger partial charge >= 0.3 is 5.97 Å². The van der Waals surface area contributed by atoms with Gasteiger partial charge in [-0.3, -0.25) is 4.79 Å². The summed E-state index contributed by atoms with van der Waals surface area (Å²) in [5.41, 5.74) is 3.33. The van der Waals surface area contributed by atoms with Crippen LogP contribution in [0.15, 0.2) is 36.9 Å². The zero-order chi connectivity index (χ0) is 22.3. The Bertz CT molecular complexity index is 1210. The number of benzene rings is 1. The van der Waals surface area contributed by atoms with Gasteiger partial charge in [-0.05, 0) is 31.7 Å². The zero-order valence-electron chi connectivity index (χ0n) is 18.3. The van der Waals surface area contributed by atoms with Crippen LogP contribution in [0.25, 0.3) is 22.1 Å². The fourth-order valence-corrected chi connectivity index (χ4v) is 3.74. The maximum atomic E-state index is 11.3. The molecule has 4 aromatic rings. The van der Waals surface area contributed by atoms with E-state index in [2.05, 4.69) is 38.2 Å². The van der Waals surface area contributed by atoms with Crippen molar-refractivity contribution in [1.29, 1.82) is 0 Å². The molecule has 0 bridgehead atoms. The molecule has 2 N–H and O–H groups in total. The van der Waals surface area contributed by atoms with Crippen molar-refractivity contribution >= 4 is 33.9 Å². The summed E-state index contributed by atoms with van der Waals surface area (Å²) in [7, 11) is 1.42. The second-order valence-electron chi connectivity index (χ2n) is 7.61. The molecule has 0 aliphatic rings. The summed E-state index contributed by atoms with van der Waals surface area (Å²) < 4.78 is 4.72. The number of carbonyl (C=O) groups excluding carboxylic acids is 1. The Kier molecular flexibility index (Phi) is 6.84. The van der Waals surface area contributed by atoms with Gasteiger partial charge in [0, 0.05) is 11.8 Å².